The highest BCUT2D eigenvalue weighted by Crippen LogP contribution is 2.23. The third-order valence-corrected chi connectivity index (χ3v) is 3.22. The third kappa shape index (κ3) is 1.56. The Bertz CT molecular complexity index is 676. The molecule has 0 saturated carbocycles. The number of amidine groups is 1. The minimum atomic E-state index is 0.661. The standard InChI is InChI=1S/C15H11N3/c16-9-11-5-7-13(8-6-11)18-10-12-3-1-2-4-14(12)15(18)17/h1-8,17H,10H2/p+1. The van der Waals surface area contributed by atoms with Crippen molar-refractivity contribution in [3.05, 3.63) is 65.2 Å². The van der Waals surface area contributed by atoms with E-state index in [-0.39, 0.29) is 0 Å². The van der Waals surface area contributed by atoms with Gasteiger partial charge in [-0.05, 0) is 30.3 Å². The van der Waals surface area contributed by atoms with Crippen molar-refractivity contribution < 1.29 is 4.58 Å². The van der Waals surface area contributed by atoms with E-state index in [0.29, 0.717) is 5.56 Å². The van der Waals surface area contributed by atoms with Crippen molar-refractivity contribution in [1.29, 1.82) is 5.26 Å². The zero-order valence-corrected chi connectivity index (χ0v) is 9.80. The molecule has 86 valence electrons. The Balaban J connectivity index is 2.05. The SMILES string of the molecule is N#Cc1ccc([N+]2=C(N)c3ccccc3C2)cc1. The van der Waals surface area contributed by atoms with Crippen LogP contribution in [-0.2, 0) is 6.54 Å². The number of nitrogens with zero attached hydrogens (tertiary/aromatic N) is 2. The Hall–Kier alpha value is -2.60. The summed E-state index contributed by atoms with van der Waals surface area (Å²) in [5.74, 6) is 0.773. The highest BCUT2D eigenvalue weighted by Gasteiger charge is 2.25. The van der Waals surface area contributed by atoms with Gasteiger partial charge in [-0.3, -0.25) is 5.73 Å². The number of hydrogen-bond acceptors (Lipinski definition) is 2. The van der Waals surface area contributed by atoms with E-state index in [2.05, 4.69) is 16.7 Å². The van der Waals surface area contributed by atoms with Crippen LogP contribution in [-0.4, -0.2) is 10.4 Å². The molecule has 0 saturated heterocycles. The Morgan fingerprint density at radius 2 is 1.78 bits per heavy atom. The molecular formula is C15H12N3+. The number of rotatable bonds is 1. The molecule has 1 aliphatic heterocycles. The first-order valence-electron chi connectivity index (χ1n) is 5.78. The van der Waals surface area contributed by atoms with Crippen molar-refractivity contribution in [1.82, 2.24) is 0 Å². The van der Waals surface area contributed by atoms with Crippen LogP contribution >= 0.6 is 0 Å². The molecule has 18 heavy (non-hydrogen) atoms. The van der Waals surface area contributed by atoms with Crippen LogP contribution in [0.3, 0.4) is 0 Å². The largest absolute Gasteiger partial charge is 0.286 e. The molecule has 0 spiro atoms. The molecule has 3 nitrogen and oxygen atoms in total. The van der Waals surface area contributed by atoms with Gasteiger partial charge >= 0.3 is 0 Å². The highest BCUT2D eigenvalue weighted by molar-refractivity contribution is 5.97. The van der Waals surface area contributed by atoms with E-state index >= 15 is 0 Å². The summed E-state index contributed by atoms with van der Waals surface area (Å²) in [6.45, 7) is 0.786. The number of nitriles is 1. The summed E-state index contributed by atoms with van der Waals surface area (Å²) in [7, 11) is 0. The predicted octanol–water partition coefficient (Wildman–Crippen LogP) is 2.12. The summed E-state index contributed by atoms with van der Waals surface area (Å²) in [6.07, 6.45) is 0. The van der Waals surface area contributed by atoms with Gasteiger partial charge in [-0.25, -0.2) is 4.58 Å². The van der Waals surface area contributed by atoms with Crippen LogP contribution < -0.4 is 5.73 Å². The molecule has 0 radical (unpaired) electrons. The smallest absolute Gasteiger partial charge is 0.280 e. The van der Waals surface area contributed by atoms with Crippen LogP contribution in [0.5, 0.6) is 0 Å². The maximum atomic E-state index is 8.79. The minimum absolute atomic E-state index is 0.661. The summed E-state index contributed by atoms with van der Waals surface area (Å²) in [5.41, 5.74) is 10.2. The monoisotopic (exact) mass is 234 g/mol. The first-order chi connectivity index (χ1) is 8.79. The molecule has 0 aromatic heterocycles. The van der Waals surface area contributed by atoms with E-state index < -0.39 is 0 Å². The number of hydrogen-bond donors (Lipinski definition) is 1. The van der Waals surface area contributed by atoms with Crippen LogP contribution in [0.2, 0.25) is 0 Å². The van der Waals surface area contributed by atoms with E-state index in [4.69, 9.17) is 11.0 Å². The summed E-state index contributed by atoms with van der Waals surface area (Å²) in [5, 5.41) is 8.79. The lowest BCUT2D eigenvalue weighted by Gasteiger charge is -2.02. The van der Waals surface area contributed by atoms with Gasteiger partial charge in [0.05, 0.1) is 17.2 Å². The van der Waals surface area contributed by atoms with E-state index in [1.807, 2.05) is 42.5 Å². The van der Waals surface area contributed by atoms with E-state index in [9.17, 15) is 0 Å². The fourth-order valence-corrected chi connectivity index (χ4v) is 2.26. The Labute approximate surface area is 105 Å². The van der Waals surface area contributed by atoms with Gasteiger partial charge in [0, 0.05) is 5.56 Å². The molecule has 1 aliphatic rings. The molecule has 0 fully saturated rings. The average Bonchev–Trinajstić information content (AvgIpc) is 2.77. The van der Waals surface area contributed by atoms with E-state index in [1.54, 1.807) is 0 Å². The topological polar surface area (TPSA) is 52.8 Å². The first kappa shape index (κ1) is 10.5. The van der Waals surface area contributed by atoms with Gasteiger partial charge in [0.15, 0.2) is 0 Å². The minimum Gasteiger partial charge on any atom is -0.286 e. The highest BCUT2D eigenvalue weighted by atomic mass is 15.1. The molecule has 0 amide bonds. The molecule has 2 aromatic carbocycles. The fraction of sp³-hybridized carbons (Fsp3) is 0.0667. The molecule has 0 unspecified atom stereocenters. The molecule has 2 aromatic rings. The fourth-order valence-electron chi connectivity index (χ4n) is 2.26. The van der Waals surface area contributed by atoms with Crippen LogP contribution in [0.25, 0.3) is 0 Å². The Morgan fingerprint density at radius 1 is 1.06 bits per heavy atom. The number of nitrogens with two attached hydrogens (primary N) is 1. The zero-order chi connectivity index (χ0) is 12.5. The second kappa shape index (κ2) is 4.01. The lowest BCUT2D eigenvalue weighted by Crippen LogP contribution is -2.19. The zero-order valence-electron chi connectivity index (χ0n) is 9.80. The first-order valence-corrected chi connectivity index (χ1v) is 5.78. The van der Waals surface area contributed by atoms with Gasteiger partial charge in [0.1, 0.15) is 12.2 Å². The molecule has 3 heteroatoms. The van der Waals surface area contributed by atoms with E-state index in [0.717, 1.165) is 23.6 Å². The van der Waals surface area contributed by atoms with Gasteiger partial charge in [-0.2, -0.15) is 5.26 Å². The Morgan fingerprint density at radius 3 is 2.44 bits per heavy atom. The summed E-state index contributed by atoms with van der Waals surface area (Å²) < 4.78 is 2.06. The van der Waals surface area contributed by atoms with Gasteiger partial charge in [-0.15, -0.1) is 0 Å². The van der Waals surface area contributed by atoms with Crippen LogP contribution in [0.1, 0.15) is 16.7 Å². The van der Waals surface area contributed by atoms with Gasteiger partial charge < -0.3 is 0 Å². The van der Waals surface area contributed by atoms with Crippen LogP contribution in [0.15, 0.2) is 48.5 Å². The second-order valence-electron chi connectivity index (χ2n) is 4.29. The lowest BCUT2D eigenvalue weighted by atomic mass is 10.1. The quantitative estimate of drug-likeness (QED) is 0.768. The van der Waals surface area contributed by atoms with Crippen molar-refractivity contribution in [2.24, 2.45) is 5.73 Å². The Kier molecular flexibility index (Phi) is 2.35. The lowest BCUT2D eigenvalue weighted by molar-refractivity contribution is -0.453. The normalized spacial score (nSPS) is 13.3. The van der Waals surface area contributed by atoms with E-state index in [1.165, 1.54) is 5.56 Å². The maximum Gasteiger partial charge on any atom is 0.280 e. The summed E-state index contributed by atoms with van der Waals surface area (Å²) in [6, 6.07) is 17.7. The molecule has 0 bridgehead atoms. The summed E-state index contributed by atoms with van der Waals surface area (Å²) >= 11 is 0. The molecule has 1 heterocycles. The molecule has 2 N–H and O–H groups in total. The van der Waals surface area contributed by atoms with Crippen LogP contribution in [0, 0.1) is 11.3 Å². The van der Waals surface area contributed by atoms with Crippen molar-refractivity contribution in [3.63, 3.8) is 0 Å². The summed E-state index contributed by atoms with van der Waals surface area (Å²) in [4.78, 5) is 0. The third-order valence-electron chi connectivity index (χ3n) is 3.22. The molecule has 3 rings (SSSR count). The van der Waals surface area contributed by atoms with Crippen LogP contribution in [0.4, 0.5) is 5.69 Å². The van der Waals surface area contributed by atoms with Crippen molar-refractivity contribution in [3.8, 4) is 6.07 Å². The molecular weight excluding hydrogens is 222 g/mol. The predicted molar refractivity (Wildman–Crippen MR) is 69.5 cm³/mol. The number of benzene rings is 2. The van der Waals surface area contributed by atoms with Gasteiger partial charge in [-0.1, -0.05) is 18.2 Å². The maximum absolute atomic E-state index is 8.79. The van der Waals surface area contributed by atoms with Crippen molar-refractivity contribution >= 4 is 11.5 Å². The second-order valence-corrected chi connectivity index (χ2v) is 4.29. The van der Waals surface area contributed by atoms with Gasteiger partial charge in [0.25, 0.3) is 5.84 Å². The van der Waals surface area contributed by atoms with Crippen molar-refractivity contribution in [2.45, 2.75) is 6.54 Å². The number of fused-ring (bicyclic) bond motifs is 1. The molecule has 0 aliphatic carbocycles. The van der Waals surface area contributed by atoms with Crippen molar-refractivity contribution in [2.75, 3.05) is 0 Å². The van der Waals surface area contributed by atoms with Gasteiger partial charge in [0.2, 0.25) is 0 Å². The average molecular weight is 234 g/mol. The molecule has 0 atom stereocenters.